The highest BCUT2D eigenvalue weighted by Gasteiger charge is 2.17. The summed E-state index contributed by atoms with van der Waals surface area (Å²) in [6.07, 6.45) is 1.68. The molecule has 0 fully saturated rings. The molecule has 2 aromatic rings. The largest absolute Gasteiger partial charge is 0.343 e. The Hall–Kier alpha value is -2.43. The van der Waals surface area contributed by atoms with Gasteiger partial charge in [0.1, 0.15) is 0 Å². The molecule has 5 heteroatoms. The quantitative estimate of drug-likeness (QED) is 0.878. The van der Waals surface area contributed by atoms with Crippen LogP contribution < -0.4 is 5.32 Å². The van der Waals surface area contributed by atoms with Gasteiger partial charge in [0.15, 0.2) is 5.83 Å². The predicted octanol–water partition coefficient (Wildman–Crippen LogP) is 3.15. The van der Waals surface area contributed by atoms with Gasteiger partial charge in [0.25, 0.3) is 5.91 Å². The minimum Gasteiger partial charge on any atom is -0.343 e. The van der Waals surface area contributed by atoms with Gasteiger partial charge in [-0.3, -0.25) is 4.79 Å². The van der Waals surface area contributed by atoms with Gasteiger partial charge in [-0.1, -0.05) is 24.3 Å². The van der Waals surface area contributed by atoms with E-state index >= 15 is 0 Å². The number of nitrogens with one attached hydrogen (secondary N) is 1. The number of aromatic nitrogens is 2. The Labute approximate surface area is 123 Å². The number of hydrogen-bond donors (Lipinski definition) is 1. The minimum atomic E-state index is -0.995. The van der Waals surface area contributed by atoms with E-state index in [2.05, 4.69) is 17.0 Å². The molecule has 1 amide bonds. The third-order valence-corrected chi connectivity index (χ3v) is 3.39. The normalized spacial score (nSPS) is 12.0. The fourth-order valence-electron chi connectivity index (χ4n) is 2.15. The van der Waals surface area contributed by atoms with Crippen LogP contribution in [0.25, 0.3) is 5.69 Å². The zero-order valence-electron chi connectivity index (χ0n) is 12.4. The standard InChI is InChI=1S/C16H18FN3O/c1-10-5-7-14(8-6-10)20-13(4)15(9-18-20)12(3)19-16(21)11(2)17/h5-9,12H,2H2,1,3-4H3,(H,19,21). The van der Waals surface area contributed by atoms with E-state index in [4.69, 9.17) is 0 Å². The van der Waals surface area contributed by atoms with Crippen LogP contribution in [-0.2, 0) is 4.79 Å². The van der Waals surface area contributed by atoms with Crippen molar-refractivity contribution < 1.29 is 9.18 Å². The lowest BCUT2D eigenvalue weighted by molar-refractivity contribution is -0.119. The lowest BCUT2D eigenvalue weighted by atomic mass is 10.1. The van der Waals surface area contributed by atoms with Crippen molar-refractivity contribution >= 4 is 5.91 Å². The molecular formula is C16H18FN3O. The first-order valence-electron chi connectivity index (χ1n) is 6.67. The molecule has 2 rings (SSSR count). The smallest absolute Gasteiger partial charge is 0.279 e. The second-order valence-corrected chi connectivity index (χ2v) is 5.03. The summed E-state index contributed by atoms with van der Waals surface area (Å²) in [5.41, 5.74) is 3.85. The molecule has 1 N–H and O–H groups in total. The summed E-state index contributed by atoms with van der Waals surface area (Å²) in [7, 11) is 0. The van der Waals surface area contributed by atoms with E-state index in [0.29, 0.717) is 0 Å². The Morgan fingerprint density at radius 1 is 1.33 bits per heavy atom. The number of halogens is 1. The summed E-state index contributed by atoms with van der Waals surface area (Å²) >= 11 is 0. The zero-order chi connectivity index (χ0) is 15.6. The summed E-state index contributed by atoms with van der Waals surface area (Å²) in [6, 6.07) is 7.63. The average Bonchev–Trinajstić information content (AvgIpc) is 2.81. The second kappa shape index (κ2) is 5.91. The highest BCUT2D eigenvalue weighted by Crippen LogP contribution is 2.20. The Kier molecular flexibility index (Phi) is 4.21. The van der Waals surface area contributed by atoms with Crippen molar-refractivity contribution in [3.05, 3.63) is 59.7 Å². The summed E-state index contributed by atoms with van der Waals surface area (Å²) in [5.74, 6) is -1.80. The van der Waals surface area contributed by atoms with E-state index in [0.717, 1.165) is 16.9 Å². The number of carbonyl (C=O) groups excluding carboxylic acids is 1. The molecule has 4 nitrogen and oxygen atoms in total. The Morgan fingerprint density at radius 3 is 2.52 bits per heavy atom. The lowest BCUT2D eigenvalue weighted by Crippen LogP contribution is -2.26. The molecule has 1 aromatic carbocycles. The van der Waals surface area contributed by atoms with Gasteiger partial charge in [-0.05, 0) is 32.9 Å². The number of rotatable bonds is 4. The first kappa shape index (κ1) is 15.0. The van der Waals surface area contributed by atoms with Gasteiger partial charge in [-0.25, -0.2) is 9.07 Å². The van der Waals surface area contributed by atoms with E-state index in [-0.39, 0.29) is 6.04 Å². The van der Waals surface area contributed by atoms with Crippen LogP contribution in [0.3, 0.4) is 0 Å². The third kappa shape index (κ3) is 3.18. The third-order valence-electron chi connectivity index (χ3n) is 3.39. The fourth-order valence-corrected chi connectivity index (χ4v) is 2.15. The fraction of sp³-hybridized carbons (Fsp3) is 0.250. The summed E-state index contributed by atoms with van der Waals surface area (Å²) in [6.45, 7) is 8.70. The molecule has 0 spiro atoms. The van der Waals surface area contributed by atoms with E-state index in [1.165, 1.54) is 5.56 Å². The first-order chi connectivity index (χ1) is 9.90. The molecule has 110 valence electrons. The molecule has 1 unspecified atom stereocenters. The van der Waals surface area contributed by atoms with Gasteiger partial charge in [0.2, 0.25) is 0 Å². The van der Waals surface area contributed by atoms with Crippen LogP contribution in [-0.4, -0.2) is 15.7 Å². The summed E-state index contributed by atoms with van der Waals surface area (Å²) in [5, 5.41) is 6.88. The van der Waals surface area contributed by atoms with Crippen LogP contribution >= 0.6 is 0 Å². The van der Waals surface area contributed by atoms with Gasteiger partial charge in [-0.15, -0.1) is 0 Å². The number of hydrogen-bond acceptors (Lipinski definition) is 2. The van der Waals surface area contributed by atoms with Gasteiger partial charge in [0.05, 0.1) is 17.9 Å². The highest BCUT2D eigenvalue weighted by molar-refractivity contribution is 5.90. The maximum absolute atomic E-state index is 12.8. The van der Waals surface area contributed by atoms with Crippen LogP contribution in [0.5, 0.6) is 0 Å². The number of aryl methyl sites for hydroxylation is 1. The Bertz CT molecular complexity index is 673. The number of amides is 1. The van der Waals surface area contributed by atoms with Crippen molar-refractivity contribution in [3.8, 4) is 5.69 Å². The Balaban J connectivity index is 2.26. The molecule has 0 aliphatic rings. The molecule has 1 aromatic heterocycles. The van der Waals surface area contributed by atoms with E-state index in [1.807, 2.05) is 38.1 Å². The maximum atomic E-state index is 12.8. The summed E-state index contributed by atoms with van der Waals surface area (Å²) in [4.78, 5) is 11.3. The van der Waals surface area contributed by atoms with Gasteiger partial charge in [-0.2, -0.15) is 5.10 Å². The molecule has 0 radical (unpaired) electrons. The predicted molar refractivity (Wildman–Crippen MR) is 79.8 cm³/mol. The molecule has 21 heavy (non-hydrogen) atoms. The molecule has 1 atom stereocenters. The topological polar surface area (TPSA) is 46.9 Å². The van der Waals surface area contributed by atoms with Crippen LogP contribution in [0.1, 0.15) is 29.8 Å². The van der Waals surface area contributed by atoms with Crippen LogP contribution in [0.15, 0.2) is 42.9 Å². The van der Waals surface area contributed by atoms with Gasteiger partial charge < -0.3 is 5.32 Å². The molecule has 1 heterocycles. The highest BCUT2D eigenvalue weighted by atomic mass is 19.1. The van der Waals surface area contributed by atoms with Crippen molar-refractivity contribution in [1.82, 2.24) is 15.1 Å². The number of carbonyl (C=O) groups is 1. The second-order valence-electron chi connectivity index (χ2n) is 5.03. The summed E-state index contributed by atoms with van der Waals surface area (Å²) < 4.78 is 14.5. The number of nitrogens with zero attached hydrogens (tertiary/aromatic N) is 2. The molecule has 0 saturated carbocycles. The lowest BCUT2D eigenvalue weighted by Gasteiger charge is -2.13. The van der Waals surface area contributed by atoms with Crippen LogP contribution in [0.2, 0.25) is 0 Å². The first-order valence-corrected chi connectivity index (χ1v) is 6.67. The van der Waals surface area contributed by atoms with Gasteiger partial charge >= 0.3 is 0 Å². The van der Waals surface area contributed by atoms with Crippen molar-refractivity contribution in [2.75, 3.05) is 0 Å². The van der Waals surface area contributed by atoms with Crippen LogP contribution in [0.4, 0.5) is 4.39 Å². The monoisotopic (exact) mass is 287 g/mol. The van der Waals surface area contributed by atoms with Crippen molar-refractivity contribution in [1.29, 1.82) is 0 Å². The molecular weight excluding hydrogens is 269 g/mol. The van der Waals surface area contributed by atoms with Crippen molar-refractivity contribution in [2.24, 2.45) is 0 Å². The minimum absolute atomic E-state index is 0.343. The van der Waals surface area contributed by atoms with Crippen molar-refractivity contribution in [2.45, 2.75) is 26.8 Å². The number of benzene rings is 1. The van der Waals surface area contributed by atoms with E-state index in [1.54, 1.807) is 17.8 Å². The van der Waals surface area contributed by atoms with Crippen LogP contribution in [0, 0.1) is 13.8 Å². The van der Waals surface area contributed by atoms with Gasteiger partial charge in [0, 0.05) is 11.3 Å². The molecule has 0 saturated heterocycles. The van der Waals surface area contributed by atoms with Crippen molar-refractivity contribution in [3.63, 3.8) is 0 Å². The zero-order valence-corrected chi connectivity index (χ0v) is 12.4. The SMILES string of the molecule is C=C(F)C(=O)NC(C)c1cnn(-c2ccc(C)cc2)c1C. The Morgan fingerprint density at radius 2 is 1.95 bits per heavy atom. The molecule has 0 aliphatic carbocycles. The average molecular weight is 287 g/mol. The van der Waals surface area contributed by atoms with E-state index in [9.17, 15) is 9.18 Å². The molecule has 0 aliphatic heterocycles. The molecule has 0 bridgehead atoms. The maximum Gasteiger partial charge on any atom is 0.279 e. The van der Waals surface area contributed by atoms with E-state index < -0.39 is 11.7 Å².